The molecule has 2 heterocycles. The number of anilines is 2. The molecule has 6 heteroatoms. The van der Waals surface area contributed by atoms with Gasteiger partial charge in [-0.05, 0) is 36.6 Å². The van der Waals surface area contributed by atoms with Crippen LogP contribution in [0.3, 0.4) is 0 Å². The minimum atomic E-state index is 0.815. The van der Waals surface area contributed by atoms with E-state index in [0.717, 1.165) is 40.6 Å². The molecule has 1 aromatic carbocycles. The highest BCUT2D eigenvalue weighted by molar-refractivity contribution is 9.10. The van der Waals surface area contributed by atoms with Crippen LogP contribution in [0.4, 0.5) is 10.8 Å². The summed E-state index contributed by atoms with van der Waals surface area (Å²) in [5.41, 5.74) is 9.47. The van der Waals surface area contributed by atoms with E-state index in [1.54, 1.807) is 0 Å². The van der Waals surface area contributed by atoms with Gasteiger partial charge >= 0.3 is 0 Å². The van der Waals surface area contributed by atoms with Gasteiger partial charge in [0, 0.05) is 34.8 Å². The third-order valence-corrected chi connectivity index (χ3v) is 4.79. The molecule has 0 aliphatic carbocycles. The molecule has 0 fully saturated rings. The Morgan fingerprint density at radius 2 is 2.22 bits per heavy atom. The van der Waals surface area contributed by atoms with Gasteiger partial charge in [0.2, 0.25) is 5.13 Å². The normalized spacial score (nSPS) is 14.7. The van der Waals surface area contributed by atoms with Crippen molar-refractivity contribution in [3.8, 4) is 0 Å². The first-order chi connectivity index (χ1) is 8.65. The van der Waals surface area contributed by atoms with E-state index < -0.39 is 0 Å². The number of benzene rings is 1. The van der Waals surface area contributed by atoms with Crippen molar-refractivity contribution in [2.24, 2.45) is 0 Å². The molecule has 0 spiro atoms. The van der Waals surface area contributed by atoms with Gasteiger partial charge in [0.1, 0.15) is 5.82 Å². The van der Waals surface area contributed by atoms with Crippen molar-refractivity contribution in [1.29, 1.82) is 0 Å². The third-order valence-electron chi connectivity index (χ3n) is 3.18. The number of nitrogens with two attached hydrogens (primary N) is 1. The van der Waals surface area contributed by atoms with E-state index in [2.05, 4.69) is 30.2 Å². The van der Waals surface area contributed by atoms with Gasteiger partial charge in [-0.3, -0.25) is 0 Å². The van der Waals surface area contributed by atoms with Crippen LogP contribution in [0.15, 0.2) is 16.6 Å². The van der Waals surface area contributed by atoms with E-state index in [1.807, 2.05) is 19.1 Å². The summed E-state index contributed by atoms with van der Waals surface area (Å²) in [7, 11) is 0. The summed E-state index contributed by atoms with van der Waals surface area (Å²) in [5.74, 6) is 0.836. The van der Waals surface area contributed by atoms with E-state index in [9.17, 15) is 0 Å². The first-order valence-electron chi connectivity index (χ1n) is 5.76. The fourth-order valence-electron chi connectivity index (χ4n) is 2.23. The minimum Gasteiger partial charge on any atom is -0.398 e. The number of rotatable bonds is 1. The van der Waals surface area contributed by atoms with E-state index in [0.29, 0.717) is 0 Å². The van der Waals surface area contributed by atoms with Crippen molar-refractivity contribution in [1.82, 2.24) is 9.36 Å². The SMILES string of the molecule is Cc1nsc(N2CCc3c(Br)ccc(N)c3C2)n1. The minimum absolute atomic E-state index is 0.815. The fraction of sp³-hybridized carbons (Fsp3) is 0.333. The van der Waals surface area contributed by atoms with Gasteiger partial charge in [-0.15, -0.1) is 0 Å². The predicted octanol–water partition coefficient (Wildman–Crippen LogP) is 2.75. The van der Waals surface area contributed by atoms with Crippen LogP contribution in [-0.2, 0) is 13.0 Å². The topological polar surface area (TPSA) is 55.0 Å². The second-order valence-corrected chi connectivity index (χ2v) is 5.97. The lowest BCUT2D eigenvalue weighted by molar-refractivity contribution is 0.727. The quantitative estimate of drug-likeness (QED) is 0.819. The molecule has 2 N–H and O–H groups in total. The zero-order chi connectivity index (χ0) is 12.7. The molecule has 18 heavy (non-hydrogen) atoms. The molecular formula is C12H13BrN4S. The number of halogens is 1. The molecule has 2 aromatic rings. The molecule has 4 nitrogen and oxygen atoms in total. The van der Waals surface area contributed by atoms with Crippen molar-refractivity contribution in [2.45, 2.75) is 19.9 Å². The largest absolute Gasteiger partial charge is 0.398 e. The van der Waals surface area contributed by atoms with Crippen LogP contribution in [0.5, 0.6) is 0 Å². The fourth-order valence-corrected chi connectivity index (χ4v) is 3.50. The van der Waals surface area contributed by atoms with Crippen LogP contribution >= 0.6 is 27.5 Å². The monoisotopic (exact) mass is 324 g/mol. The highest BCUT2D eigenvalue weighted by Crippen LogP contribution is 2.33. The van der Waals surface area contributed by atoms with E-state index in [4.69, 9.17) is 5.73 Å². The lowest BCUT2D eigenvalue weighted by Crippen LogP contribution is -2.31. The molecule has 0 saturated carbocycles. The lowest BCUT2D eigenvalue weighted by atomic mass is 9.98. The molecule has 1 aromatic heterocycles. The standard InChI is InChI=1S/C12H13BrN4S/c1-7-15-12(18-16-7)17-5-4-8-9(6-17)11(14)3-2-10(8)13/h2-3H,4-6,14H2,1H3. The Kier molecular flexibility index (Phi) is 2.99. The summed E-state index contributed by atoms with van der Waals surface area (Å²) < 4.78 is 5.39. The molecule has 0 bridgehead atoms. The van der Waals surface area contributed by atoms with Gasteiger partial charge in [-0.25, -0.2) is 4.98 Å². The number of hydrogen-bond acceptors (Lipinski definition) is 5. The molecule has 94 valence electrons. The molecule has 0 saturated heterocycles. The van der Waals surface area contributed by atoms with Gasteiger partial charge in [0.05, 0.1) is 0 Å². The second-order valence-electron chi connectivity index (χ2n) is 4.39. The number of aromatic nitrogens is 2. The molecule has 0 unspecified atom stereocenters. The Balaban J connectivity index is 1.96. The molecular weight excluding hydrogens is 312 g/mol. The maximum absolute atomic E-state index is 6.08. The average molecular weight is 325 g/mol. The maximum Gasteiger partial charge on any atom is 0.205 e. The summed E-state index contributed by atoms with van der Waals surface area (Å²) in [6.45, 7) is 3.70. The van der Waals surface area contributed by atoms with Gasteiger partial charge in [0.15, 0.2) is 0 Å². The molecule has 0 radical (unpaired) electrons. The summed E-state index contributed by atoms with van der Waals surface area (Å²) in [4.78, 5) is 6.69. The maximum atomic E-state index is 6.08. The van der Waals surface area contributed by atoms with Crippen LogP contribution in [0.1, 0.15) is 17.0 Å². The van der Waals surface area contributed by atoms with E-state index >= 15 is 0 Å². The van der Waals surface area contributed by atoms with Crippen LogP contribution < -0.4 is 10.6 Å². The van der Waals surface area contributed by atoms with E-state index in [1.165, 1.54) is 22.7 Å². The van der Waals surface area contributed by atoms with Crippen LogP contribution in [0.2, 0.25) is 0 Å². The zero-order valence-corrected chi connectivity index (χ0v) is 12.4. The highest BCUT2D eigenvalue weighted by atomic mass is 79.9. The third kappa shape index (κ3) is 1.99. The van der Waals surface area contributed by atoms with E-state index in [-0.39, 0.29) is 0 Å². The Morgan fingerprint density at radius 3 is 2.94 bits per heavy atom. The van der Waals surface area contributed by atoms with Crippen molar-refractivity contribution in [3.05, 3.63) is 33.6 Å². The number of aryl methyl sites for hydroxylation is 1. The Bertz CT molecular complexity index is 596. The Hall–Kier alpha value is -1.14. The Labute approximate surface area is 118 Å². The highest BCUT2D eigenvalue weighted by Gasteiger charge is 2.22. The van der Waals surface area contributed by atoms with Gasteiger partial charge in [-0.2, -0.15) is 4.37 Å². The number of fused-ring (bicyclic) bond motifs is 1. The van der Waals surface area contributed by atoms with Gasteiger partial charge in [-0.1, -0.05) is 15.9 Å². The number of nitrogens with zero attached hydrogens (tertiary/aromatic N) is 3. The average Bonchev–Trinajstić information content (AvgIpc) is 2.80. The molecule has 1 aliphatic rings. The molecule has 3 rings (SSSR count). The second kappa shape index (κ2) is 4.51. The predicted molar refractivity (Wildman–Crippen MR) is 78.0 cm³/mol. The van der Waals surface area contributed by atoms with Gasteiger partial charge in [0.25, 0.3) is 0 Å². The Morgan fingerprint density at radius 1 is 1.39 bits per heavy atom. The van der Waals surface area contributed by atoms with Crippen molar-refractivity contribution in [3.63, 3.8) is 0 Å². The smallest absolute Gasteiger partial charge is 0.205 e. The zero-order valence-electron chi connectivity index (χ0n) is 9.98. The summed E-state index contributed by atoms with van der Waals surface area (Å²) in [5, 5.41) is 0.984. The summed E-state index contributed by atoms with van der Waals surface area (Å²) >= 11 is 5.05. The summed E-state index contributed by atoms with van der Waals surface area (Å²) in [6, 6.07) is 3.98. The molecule has 1 aliphatic heterocycles. The molecule has 0 amide bonds. The van der Waals surface area contributed by atoms with Crippen LogP contribution in [-0.4, -0.2) is 15.9 Å². The first kappa shape index (κ1) is 11.9. The molecule has 0 atom stereocenters. The number of hydrogen-bond donors (Lipinski definition) is 1. The number of nitrogen functional groups attached to an aromatic ring is 1. The summed E-state index contributed by atoms with van der Waals surface area (Å²) in [6.07, 6.45) is 0.986. The van der Waals surface area contributed by atoms with Crippen molar-refractivity contribution in [2.75, 3.05) is 17.2 Å². The first-order valence-corrected chi connectivity index (χ1v) is 7.33. The van der Waals surface area contributed by atoms with Crippen molar-refractivity contribution >= 4 is 38.3 Å². The van der Waals surface area contributed by atoms with Gasteiger partial charge < -0.3 is 10.6 Å². The van der Waals surface area contributed by atoms with Crippen LogP contribution in [0.25, 0.3) is 0 Å². The van der Waals surface area contributed by atoms with Crippen LogP contribution in [0, 0.1) is 6.92 Å². The lowest BCUT2D eigenvalue weighted by Gasteiger charge is -2.29. The van der Waals surface area contributed by atoms with Crippen molar-refractivity contribution < 1.29 is 0 Å².